The molecule has 1 unspecified atom stereocenters. The summed E-state index contributed by atoms with van der Waals surface area (Å²) < 4.78 is 5.24. The van der Waals surface area contributed by atoms with Crippen LogP contribution in [0, 0.1) is 5.41 Å². The van der Waals surface area contributed by atoms with Crippen LogP contribution in [0.5, 0.6) is 5.75 Å². The van der Waals surface area contributed by atoms with E-state index in [0.717, 1.165) is 0 Å². The fourth-order valence-electron chi connectivity index (χ4n) is 2.22. The first kappa shape index (κ1) is 11.9. The number of benzene rings is 1. The lowest BCUT2D eigenvalue weighted by molar-refractivity contribution is -0.146. The van der Waals surface area contributed by atoms with E-state index in [4.69, 9.17) is 4.74 Å². The van der Waals surface area contributed by atoms with Crippen molar-refractivity contribution in [1.82, 2.24) is 0 Å². The van der Waals surface area contributed by atoms with Gasteiger partial charge in [-0.3, -0.25) is 4.79 Å². The van der Waals surface area contributed by atoms with Crippen molar-refractivity contribution in [2.75, 3.05) is 12.4 Å². The topological polar surface area (TPSA) is 58.6 Å². The Kier molecular flexibility index (Phi) is 2.43. The van der Waals surface area contributed by atoms with Crippen LogP contribution in [-0.4, -0.2) is 18.1 Å². The number of rotatable bonds is 1. The van der Waals surface area contributed by atoms with Crippen LogP contribution in [0.4, 0.5) is 5.69 Å². The van der Waals surface area contributed by atoms with Gasteiger partial charge in [-0.25, -0.2) is 0 Å². The van der Waals surface area contributed by atoms with E-state index in [9.17, 15) is 9.90 Å². The summed E-state index contributed by atoms with van der Waals surface area (Å²) >= 11 is 0. The zero-order chi connectivity index (χ0) is 12.8. The van der Waals surface area contributed by atoms with Crippen LogP contribution in [0.25, 0.3) is 0 Å². The van der Waals surface area contributed by atoms with Gasteiger partial charge in [-0.1, -0.05) is 26.8 Å². The Balaban J connectivity index is 2.72. The molecule has 1 amide bonds. The van der Waals surface area contributed by atoms with Crippen molar-refractivity contribution in [2.45, 2.75) is 26.4 Å². The highest BCUT2D eigenvalue weighted by atomic mass is 16.5. The van der Waals surface area contributed by atoms with Crippen molar-refractivity contribution in [3.05, 3.63) is 23.8 Å². The summed E-state index contributed by atoms with van der Waals surface area (Å²) in [6.45, 7) is 5.48. The van der Waals surface area contributed by atoms with E-state index in [0.29, 0.717) is 17.0 Å². The number of amides is 1. The summed E-state index contributed by atoms with van der Waals surface area (Å²) in [5.74, 6) is 0.128. The van der Waals surface area contributed by atoms with Gasteiger partial charge in [0.1, 0.15) is 5.75 Å². The van der Waals surface area contributed by atoms with Gasteiger partial charge >= 0.3 is 0 Å². The van der Waals surface area contributed by atoms with Gasteiger partial charge < -0.3 is 15.2 Å². The van der Waals surface area contributed by atoms with Gasteiger partial charge in [-0.15, -0.1) is 0 Å². The Bertz CT molecular complexity index is 476. The van der Waals surface area contributed by atoms with Crippen molar-refractivity contribution < 1.29 is 14.6 Å². The molecule has 0 bridgehead atoms. The molecule has 1 heterocycles. The SMILES string of the molecule is COc1cccc2c1C(O)(C(C)(C)C)C(=O)N2. The monoisotopic (exact) mass is 235 g/mol. The van der Waals surface area contributed by atoms with Gasteiger partial charge in [-0.2, -0.15) is 0 Å². The second-order valence-corrected chi connectivity index (χ2v) is 5.30. The van der Waals surface area contributed by atoms with Gasteiger partial charge in [0.2, 0.25) is 0 Å². The largest absolute Gasteiger partial charge is 0.496 e. The van der Waals surface area contributed by atoms with Crippen LogP contribution < -0.4 is 10.1 Å². The normalized spacial score (nSPS) is 23.2. The van der Waals surface area contributed by atoms with Crippen LogP contribution >= 0.6 is 0 Å². The summed E-state index contributed by atoms with van der Waals surface area (Å²) in [5.41, 5.74) is -1.03. The molecule has 1 aromatic rings. The van der Waals surface area contributed by atoms with Crippen LogP contribution in [0.3, 0.4) is 0 Å². The number of nitrogens with one attached hydrogen (secondary N) is 1. The lowest BCUT2D eigenvalue weighted by atomic mass is 9.72. The smallest absolute Gasteiger partial charge is 0.261 e. The summed E-state index contributed by atoms with van der Waals surface area (Å²) in [4.78, 5) is 12.1. The van der Waals surface area contributed by atoms with Crippen LogP contribution in [0.15, 0.2) is 18.2 Å². The molecule has 2 rings (SSSR count). The number of ether oxygens (including phenoxy) is 1. The minimum atomic E-state index is -1.56. The van der Waals surface area contributed by atoms with E-state index in [2.05, 4.69) is 5.32 Å². The summed E-state index contributed by atoms with van der Waals surface area (Å²) in [6, 6.07) is 5.29. The zero-order valence-corrected chi connectivity index (χ0v) is 10.5. The first-order valence-electron chi connectivity index (χ1n) is 5.53. The van der Waals surface area contributed by atoms with Gasteiger partial charge in [0.15, 0.2) is 5.60 Å². The number of hydrogen-bond donors (Lipinski definition) is 2. The highest BCUT2D eigenvalue weighted by molar-refractivity contribution is 6.06. The lowest BCUT2D eigenvalue weighted by Gasteiger charge is -2.35. The van der Waals surface area contributed by atoms with Crippen molar-refractivity contribution in [3.63, 3.8) is 0 Å². The number of carbonyl (C=O) groups is 1. The maximum Gasteiger partial charge on any atom is 0.261 e. The number of fused-ring (bicyclic) bond motifs is 1. The average molecular weight is 235 g/mol. The predicted octanol–water partition coefficient (Wildman–Crippen LogP) is 1.88. The first-order valence-corrected chi connectivity index (χ1v) is 5.53. The Morgan fingerprint density at radius 3 is 2.53 bits per heavy atom. The van der Waals surface area contributed by atoms with Crippen LogP contribution in [0.2, 0.25) is 0 Å². The molecular weight excluding hydrogens is 218 g/mol. The average Bonchev–Trinajstić information content (AvgIpc) is 2.51. The molecule has 0 fully saturated rings. The Morgan fingerprint density at radius 2 is 2.00 bits per heavy atom. The van der Waals surface area contributed by atoms with Crippen molar-refractivity contribution in [2.24, 2.45) is 5.41 Å². The summed E-state index contributed by atoms with van der Waals surface area (Å²) in [6.07, 6.45) is 0. The molecule has 1 aliphatic heterocycles. The molecule has 4 nitrogen and oxygen atoms in total. The molecule has 92 valence electrons. The second-order valence-electron chi connectivity index (χ2n) is 5.30. The molecular formula is C13H17NO3. The van der Waals surface area contributed by atoms with E-state index < -0.39 is 16.9 Å². The summed E-state index contributed by atoms with van der Waals surface area (Å²) in [5, 5.41) is 13.5. The molecule has 2 N–H and O–H groups in total. The minimum absolute atomic E-state index is 0.399. The second kappa shape index (κ2) is 3.47. The van der Waals surface area contributed by atoms with E-state index in [1.807, 2.05) is 20.8 Å². The fourth-order valence-corrected chi connectivity index (χ4v) is 2.22. The molecule has 17 heavy (non-hydrogen) atoms. The van der Waals surface area contributed by atoms with Gasteiger partial charge in [0.25, 0.3) is 5.91 Å². The van der Waals surface area contributed by atoms with Crippen molar-refractivity contribution >= 4 is 11.6 Å². The molecule has 1 atom stereocenters. The molecule has 1 aromatic carbocycles. The predicted molar refractivity (Wildman–Crippen MR) is 65.0 cm³/mol. The number of anilines is 1. The van der Waals surface area contributed by atoms with Crippen LogP contribution in [-0.2, 0) is 10.4 Å². The van der Waals surface area contributed by atoms with Gasteiger partial charge in [-0.05, 0) is 12.1 Å². The van der Waals surface area contributed by atoms with Crippen molar-refractivity contribution in [3.8, 4) is 5.75 Å². The third kappa shape index (κ3) is 1.44. The molecule has 0 aromatic heterocycles. The number of carbonyl (C=O) groups excluding carboxylic acids is 1. The number of aliphatic hydroxyl groups is 1. The van der Waals surface area contributed by atoms with Gasteiger partial charge in [0, 0.05) is 5.41 Å². The van der Waals surface area contributed by atoms with Crippen LogP contribution in [0.1, 0.15) is 26.3 Å². The molecule has 0 aliphatic carbocycles. The lowest BCUT2D eigenvalue weighted by Crippen LogP contribution is -2.46. The zero-order valence-electron chi connectivity index (χ0n) is 10.5. The third-order valence-corrected chi connectivity index (χ3v) is 3.27. The first-order chi connectivity index (χ1) is 7.82. The Hall–Kier alpha value is -1.55. The molecule has 4 heteroatoms. The summed E-state index contributed by atoms with van der Waals surface area (Å²) in [7, 11) is 1.53. The molecule has 1 aliphatic rings. The number of hydrogen-bond acceptors (Lipinski definition) is 3. The van der Waals surface area contributed by atoms with E-state index in [1.165, 1.54) is 7.11 Å². The fraction of sp³-hybridized carbons (Fsp3) is 0.462. The highest BCUT2D eigenvalue weighted by Crippen LogP contribution is 2.50. The molecule has 0 radical (unpaired) electrons. The maximum atomic E-state index is 12.1. The molecule has 0 spiro atoms. The van der Waals surface area contributed by atoms with E-state index >= 15 is 0 Å². The number of methoxy groups -OCH3 is 1. The molecule has 0 saturated carbocycles. The highest BCUT2D eigenvalue weighted by Gasteiger charge is 2.55. The molecule has 0 saturated heterocycles. The minimum Gasteiger partial charge on any atom is -0.496 e. The van der Waals surface area contributed by atoms with Crippen molar-refractivity contribution in [1.29, 1.82) is 0 Å². The van der Waals surface area contributed by atoms with Gasteiger partial charge in [0.05, 0.1) is 18.4 Å². The standard InChI is InChI=1S/C13H17NO3/c1-12(2,3)13(16)10-8(14-11(13)15)6-5-7-9(10)17-4/h5-7,16H,1-4H3,(H,14,15). The van der Waals surface area contributed by atoms with E-state index in [1.54, 1.807) is 18.2 Å². The van der Waals surface area contributed by atoms with E-state index in [-0.39, 0.29) is 0 Å². The third-order valence-electron chi connectivity index (χ3n) is 3.27. The Labute approximate surface area is 101 Å². The quantitative estimate of drug-likeness (QED) is 0.781. The Morgan fingerprint density at radius 1 is 1.35 bits per heavy atom. The maximum absolute atomic E-state index is 12.1.